The molecule has 1 aromatic carbocycles. The van der Waals surface area contributed by atoms with E-state index in [9.17, 15) is 4.79 Å². The minimum atomic E-state index is -0.620. The monoisotopic (exact) mass is 276 g/mol. The van der Waals surface area contributed by atoms with E-state index < -0.39 is 11.7 Å². The summed E-state index contributed by atoms with van der Waals surface area (Å²) in [5.74, 6) is 0.198. The first kappa shape index (κ1) is 13.9. The van der Waals surface area contributed by atoms with Crippen LogP contribution in [-0.2, 0) is 4.74 Å². The molecule has 0 aliphatic carbocycles. The fourth-order valence-corrected chi connectivity index (χ4v) is 1.50. The molecule has 106 valence electrons. The number of amides is 1. The van der Waals surface area contributed by atoms with E-state index in [-0.39, 0.29) is 5.82 Å². The molecule has 0 saturated carbocycles. The third-order valence-electron chi connectivity index (χ3n) is 2.29. The summed E-state index contributed by atoms with van der Waals surface area (Å²) in [6, 6.07) is 6.97. The van der Waals surface area contributed by atoms with Gasteiger partial charge in [-0.3, -0.25) is 5.32 Å². The summed E-state index contributed by atoms with van der Waals surface area (Å²) in [6.07, 6.45) is -0.620. The number of hydrogen-bond donors (Lipinski definition) is 2. The molecule has 20 heavy (non-hydrogen) atoms. The molecule has 1 amide bonds. The van der Waals surface area contributed by atoms with Gasteiger partial charge in [0.1, 0.15) is 5.60 Å². The van der Waals surface area contributed by atoms with E-state index in [1.165, 1.54) is 0 Å². The Bertz CT molecular complexity index is 599. The average molecular weight is 276 g/mol. The normalized spacial score (nSPS) is 11.2. The standard InChI is InChI=1S/C13H16N4O3/c1-13(2,3)19-12(18)15-11-10(16-20-17-11)8-4-6-9(14)7-5-8/h4-7H,14H2,1-3H3,(H,15,17,18). The zero-order valence-corrected chi connectivity index (χ0v) is 11.5. The number of nitrogens with zero attached hydrogens (tertiary/aromatic N) is 2. The van der Waals surface area contributed by atoms with Gasteiger partial charge >= 0.3 is 6.09 Å². The summed E-state index contributed by atoms with van der Waals surface area (Å²) in [6.45, 7) is 5.32. The van der Waals surface area contributed by atoms with E-state index in [0.29, 0.717) is 11.4 Å². The van der Waals surface area contributed by atoms with Gasteiger partial charge in [0.2, 0.25) is 5.82 Å². The fourth-order valence-electron chi connectivity index (χ4n) is 1.50. The SMILES string of the molecule is CC(C)(C)OC(=O)Nc1nonc1-c1ccc(N)cc1. The van der Waals surface area contributed by atoms with Crippen LogP contribution in [0.1, 0.15) is 20.8 Å². The summed E-state index contributed by atoms with van der Waals surface area (Å²) in [4.78, 5) is 11.7. The predicted octanol–water partition coefficient (Wildman–Crippen LogP) is 2.67. The van der Waals surface area contributed by atoms with Crippen LogP contribution in [0.2, 0.25) is 0 Å². The van der Waals surface area contributed by atoms with Crippen molar-refractivity contribution >= 4 is 17.6 Å². The number of ether oxygens (including phenoxy) is 1. The predicted molar refractivity (Wildman–Crippen MR) is 74.0 cm³/mol. The molecule has 2 aromatic rings. The molecule has 7 nitrogen and oxygen atoms in total. The van der Waals surface area contributed by atoms with Gasteiger partial charge in [-0.05, 0) is 43.2 Å². The molecule has 1 heterocycles. The second-order valence-corrected chi connectivity index (χ2v) is 5.21. The van der Waals surface area contributed by atoms with E-state index in [0.717, 1.165) is 5.56 Å². The minimum absolute atomic E-state index is 0.198. The second kappa shape index (κ2) is 5.20. The van der Waals surface area contributed by atoms with Crippen LogP contribution in [0.25, 0.3) is 11.3 Å². The zero-order valence-electron chi connectivity index (χ0n) is 11.5. The van der Waals surface area contributed by atoms with Crippen LogP contribution in [0.3, 0.4) is 0 Å². The van der Waals surface area contributed by atoms with E-state index in [1.54, 1.807) is 45.0 Å². The van der Waals surface area contributed by atoms with E-state index in [4.69, 9.17) is 10.5 Å². The Kier molecular flexibility index (Phi) is 3.60. The van der Waals surface area contributed by atoms with Gasteiger partial charge in [0, 0.05) is 11.3 Å². The molecule has 0 atom stereocenters. The van der Waals surface area contributed by atoms with Gasteiger partial charge in [0.25, 0.3) is 0 Å². The number of carbonyl (C=O) groups excluding carboxylic acids is 1. The lowest BCUT2D eigenvalue weighted by atomic mass is 10.1. The van der Waals surface area contributed by atoms with Crippen LogP contribution in [0, 0.1) is 0 Å². The maximum Gasteiger partial charge on any atom is 0.413 e. The summed E-state index contributed by atoms with van der Waals surface area (Å²) in [7, 11) is 0. The van der Waals surface area contributed by atoms with E-state index in [1.807, 2.05) is 0 Å². The Morgan fingerprint density at radius 2 is 1.90 bits per heavy atom. The number of hydrogen-bond acceptors (Lipinski definition) is 6. The maximum atomic E-state index is 11.7. The molecule has 0 aliphatic heterocycles. The zero-order chi connectivity index (χ0) is 14.8. The highest BCUT2D eigenvalue weighted by atomic mass is 16.6. The number of anilines is 2. The number of nitrogens with one attached hydrogen (secondary N) is 1. The van der Waals surface area contributed by atoms with Gasteiger partial charge < -0.3 is 10.5 Å². The molecule has 7 heteroatoms. The van der Waals surface area contributed by atoms with Gasteiger partial charge in [0.15, 0.2) is 5.69 Å². The third-order valence-corrected chi connectivity index (χ3v) is 2.29. The minimum Gasteiger partial charge on any atom is -0.444 e. The van der Waals surface area contributed by atoms with Crippen molar-refractivity contribution in [1.29, 1.82) is 0 Å². The molecule has 2 rings (SSSR count). The first-order valence-electron chi connectivity index (χ1n) is 6.03. The van der Waals surface area contributed by atoms with E-state index in [2.05, 4.69) is 20.3 Å². The summed E-state index contributed by atoms with van der Waals surface area (Å²) >= 11 is 0. The smallest absolute Gasteiger partial charge is 0.413 e. The van der Waals surface area contributed by atoms with Crippen molar-refractivity contribution in [2.24, 2.45) is 0 Å². The lowest BCUT2D eigenvalue weighted by Crippen LogP contribution is -2.27. The highest BCUT2D eigenvalue weighted by Crippen LogP contribution is 2.25. The topological polar surface area (TPSA) is 103 Å². The summed E-state index contributed by atoms with van der Waals surface area (Å²) < 4.78 is 9.80. The van der Waals surface area contributed by atoms with Gasteiger partial charge in [-0.25, -0.2) is 9.42 Å². The number of nitrogens with two attached hydrogens (primary N) is 1. The molecule has 0 fully saturated rings. The molecule has 0 bridgehead atoms. The van der Waals surface area contributed by atoms with Crippen LogP contribution >= 0.6 is 0 Å². The molecule has 0 spiro atoms. The van der Waals surface area contributed by atoms with Gasteiger partial charge in [-0.1, -0.05) is 12.1 Å². The first-order chi connectivity index (χ1) is 9.35. The van der Waals surface area contributed by atoms with E-state index >= 15 is 0 Å². The number of aromatic nitrogens is 2. The molecule has 0 saturated heterocycles. The average Bonchev–Trinajstić information content (AvgIpc) is 2.75. The van der Waals surface area contributed by atoms with Crippen molar-refractivity contribution in [3.8, 4) is 11.3 Å². The second-order valence-electron chi connectivity index (χ2n) is 5.21. The maximum absolute atomic E-state index is 11.7. The quantitative estimate of drug-likeness (QED) is 0.817. The first-order valence-corrected chi connectivity index (χ1v) is 6.03. The largest absolute Gasteiger partial charge is 0.444 e. The Labute approximate surface area is 116 Å². The number of rotatable bonds is 2. The molecular formula is C13H16N4O3. The van der Waals surface area contributed by atoms with Crippen LogP contribution in [0.5, 0.6) is 0 Å². The number of carbonyl (C=O) groups is 1. The number of benzene rings is 1. The molecule has 0 unspecified atom stereocenters. The van der Waals surface area contributed by atoms with Crippen molar-refractivity contribution in [3.05, 3.63) is 24.3 Å². The highest BCUT2D eigenvalue weighted by molar-refractivity contribution is 5.88. The molecule has 0 aliphatic rings. The van der Waals surface area contributed by atoms with Gasteiger partial charge in [-0.15, -0.1) is 0 Å². The van der Waals surface area contributed by atoms with Gasteiger partial charge in [-0.2, -0.15) is 0 Å². The highest BCUT2D eigenvalue weighted by Gasteiger charge is 2.20. The van der Waals surface area contributed by atoms with Crippen LogP contribution < -0.4 is 11.1 Å². The summed E-state index contributed by atoms with van der Waals surface area (Å²) in [5, 5.41) is 9.92. The molecule has 1 aromatic heterocycles. The fraction of sp³-hybridized carbons (Fsp3) is 0.308. The van der Waals surface area contributed by atoms with Crippen molar-refractivity contribution in [1.82, 2.24) is 10.3 Å². The van der Waals surface area contributed by atoms with Crippen molar-refractivity contribution in [2.75, 3.05) is 11.1 Å². The summed E-state index contributed by atoms with van der Waals surface area (Å²) in [5.41, 5.74) is 6.80. The molecule has 3 N–H and O–H groups in total. The molecule has 0 radical (unpaired) electrons. The lowest BCUT2D eigenvalue weighted by Gasteiger charge is -2.19. The van der Waals surface area contributed by atoms with Crippen LogP contribution in [-0.4, -0.2) is 22.0 Å². The Morgan fingerprint density at radius 1 is 1.25 bits per heavy atom. The van der Waals surface area contributed by atoms with Crippen LogP contribution in [0.4, 0.5) is 16.3 Å². The Balaban J connectivity index is 2.17. The Hall–Kier alpha value is -2.57. The third kappa shape index (κ3) is 3.47. The lowest BCUT2D eigenvalue weighted by molar-refractivity contribution is 0.0634. The Morgan fingerprint density at radius 3 is 2.50 bits per heavy atom. The van der Waals surface area contributed by atoms with Crippen molar-refractivity contribution in [3.63, 3.8) is 0 Å². The van der Waals surface area contributed by atoms with Crippen LogP contribution in [0.15, 0.2) is 28.9 Å². The van der Waals surface area contributed by atoms with Crippen molar-refractivity contribution in [2.45, 2.75) is 26.4 Å². The molecular weight excluding hydrogens is 260 g/mol. The van der Waals surface area contributed by atoms with Gasteiger partial charge in [0.05, 0.1) is 0 Å². The number of nitrogen functional groups attached to an aromatic ring is 1. The van der Waals surface area contributed by atoms with Crippen molar-refractivity contribution < 1.29 is 14.2 Å².